The van der Waals surface area contributed by atoms with Crippen LogP contribution in [-0.2, 0) is 10.0 Å². The highest BCUT2D eigenvalue weighted by Gasteiger charge is 2.39. The van der Waals surface area contributed by atoms with Crippen LogP contribution in [0.2, 0.25) is 0 Å². The predicted octanol–water partition coefficient (Wildman–Crippen LogP) is 2.93. The molecule has 3 N–H and O–H groups in total. The Bertz CT molecular complexity index is 1070. The minimum absolute atomic E-state index is 0.0572. The first kappa shape index (κ1) is 22.0. The zero-order valence-electron chi connectivity index (χ0n) is 18.0. The van der Waals surface area contributed by atoms with Gasteiger partial charge in [0, 0.05) is 17.8 Å². The summed E-state index contributed by atoms with van der Waals surface area (Å²) in [4.78, 5) is 23.7. The molecule has 0 bridgehead atoms. The maximum atomic E-state index is 13.1. The van der Waals surface area contributed by atoms with Crippen molar-refractivity contribution in [2.75, 3.05) is 17.2 Å². The second kappa shape index (κ2) is 7.86. The zero-order valence-corrected chi connectivity index (χ0v) is 18.8. The van der Waals surface area contributed by atoms with Gasteiger partial charge in [0.15, 0.2) is 5.03 Å². The fraction of sp³-hybridized carbons (Fsp3) is 0.476. The van der Waals surface area contributed by atoms with Crippen molar-refractivity contribution >= 4 is 27.6 Å². The van der Waals surface area contributed by atoms with Gasteiger partial charge in [-0.25, -0.2) is 14.7 Å². The van der Waals surface area contributed by atoms with Gasteiger partial charge in [-0.1, -0.05) is 26.8 Å². The van der Waals surface area contributed by atoms with Crippen molar-refractivity contribution in [3.63, 3.8) is 0 Å². The second-order valence-electron chi connectivity index (χ2n) is 8.83. The molecule has 3 rings (SSSR count). The molecule has 0 spiro atoms. The van der Waals surface area contributed by atoms with Crippen LogP contribution >= 0.6 is 0 Å². The molecule has 30 heavy (non-hydrogen) atoms. The molecule has 9 heteroatoms. The van der Waals surface area contributed by atoms with E-state index in [1.165, 1.54) is 18.2 Å². The van der Waals surface area contributed by atoms with Gasteiger partial charge in [0.05, 0.1) is 5.56 Å². The molecule has 0 radical (unpaired) electrons. The standard InChI is InChI=1S/C21H29N5O3S/c1-13(2)16-10-9-15(19(23-16)26-12-14(3)11-21(26,4)5)20(27)25-30(28,29)18-8-6-7-17(22)24-18/h6-10,13-14H,11-12H2,1-5H3,(H2,22,24)(H,25,27)/t14-/m0/s1. The Hall–Kier alpha value is -2.68. The molecule has 0 saturated carbocycles. The van der Waals surface area contributed by atoms with Crippen LogP contribution in [0.1, 0.15) is 63.0 Å². The van der Waals surface area contributed by atoms with E-state index in [0.717, 1.165) is 18.7 Å². The molecule has 0 unspecified atom stereocenters. The molecular formula is C21H29N5O3S. The van der Waals surface area contributed by atoms with E-state index in [2.05, 4.69) is 35.4 Å². The number of hydrogen-bond acceptors (Lipinski definition) is 7. The smallest absolute Gasteiger partial charge is 0.281 e. The number of sulfonamides is 1. The van der Waals surface area contributed by atoms with Gasteiger partial charge in [-0.15, -0.1) is 0 Å². The van der Waals surface area contributed by atoms with Crippen LogP contribution in [0.5, 0.6) is 0 Å². The third-order valence-corrected chi connectivity index (χ3v) is 6.54. The first-order valence-electron chi connectivity index (χ1n) is 9.99. The van der Waals surface area contributed by atoms with Gasteiger partial charge >= 0.3 is 0 Å². The lowest BCUT2D eigenvalue weighted by Gasteiger charge is -2.34. The molecule has 0 aromatic carbocycles. The third kappa shape index (κ3) is 4.40. The van der Waals surface area contributed by atoms with Gasteiger partial charge in [-0.05, 0) is 56.4 Å². The molecule has 1 amide bonds. The number of carbonyl (C=O) groups is 1. The molecule has 1 fully saturated rings. The maximum absolute atomic E-state index is 13.1. The fourth-order valence-electron chi connectivity index (χ4n) is 3.94. The average Bonchev–Trinajstić information content (AvgIpc) is 2.92. The second-order valence-corrected chi connectivity index (χ2v) is 10.5. The van der Waals surface area contributed by atoms with Crippen LogP contribution < -0.4 is 15.4 Å². The van der Waals surface area contributed by atoms with Crippen molar-refractivity contribution in [3.05, 3.63) is 41.6 Å². The topological polar surface area (TPSA) is 118 Å². The van der Waals surface area contributed by atoms with Gasteiger partial charge in [0.2, 0.25) is 0 Å². The number of nitrogens with two attached hydrogens (primary N) is 1. The van der Waals surface area contributed by atoms with E-state index < -0.39 is 15.9 Å². The van der Waals surface area contributed by atoms with Crippen molar-refractivity contribution < 1.29 is 13.2 Å². The summed E-state index contributed by atoms with van der Waals surface area (Å²) in [6.07, 6.45) is 0.952. The number of amides is 1. The lowest BCUT2D eigenvalue weighted by molar-refractivity contribution is 0.0981. The van der Waals surface area contributed by atoms with Gasteiger partial charge in [-0.2, -0.15) is 8.42 Å². The summed E-state index contributed by atoms with van der Waals surface area (Å²) < 4.78 is 27.5. The van der Waals surface area contributed by atoms with Crippen LogP contribution in [0.25, 0.3) is 0 Å². The van der Waals surface area contributed by atoms with Crippen LogP contribution in [0, 0.1) is 5.92 Å². The number of hydrogen-bond donors (Lipinski definition) is 2. The molecule has 1 aliphatic rings. The van der Waals surface area contributed by atoms with E-state index in [9.17, 15) is 13.2 Å². The number of aromatic nitrogens is 2. The molecule has 8 nitrogen and oxygen atoms in total. The summed E-state index contributed by atoms with van der Waals surface area (Å²) in [6.45, 7) is 11.2. The molecular weight excluding hydrogens is 402 g/mol. The summed E-state index contributed by atoms with van der Waals surface area (Å²) in [5, 5.41) is -0.306. The Labute approximate surface area is 178 Å². The molecule has 2 aromatic heterocycles. The molecule has 2 aromatic rings. The number of anilines is 2. The molecule has 1 saturated heterocycles. The monoisotopic (exact) mass is 431 g/mol. The van der Waals surface area contributed by atoms with Crippen molar-refractivity contribution in [2.24, 2.45) is 5.92 Å². The number of rotatable bonds is 5. The van der Waals surface area contributed by atoms with E-state index in [4.69, 9.17) is 10.7 Å². The van der Waals surface area contributed by atoms with Crippen LogP contribution in [0.3, 0.4) is 0 Å². The van der Waals surface area contributed by atoms with E-state index in [1.54, 1.807) is 12.1 Å². The molecule has 0 aliphatic carbocycles. The summed E-state index contributed by atoms with van der Waals surface area (Å²) >= 11 is 0. The SMILES string of the molecule is CC(C)c1ccc(C(=O)NS(=O)(=O)c2cccc(N)n2)c(N2C[C@@H](C)CC2(C)C)n1. The molecule has 3 heterocycles. The zero-order chi connectivity index (χ0) is 22.3. The lowest BCUT2D eigenvalue weighted by atomic mass is 9.97. The minimum Gasteiger partial charge on any atom is -0.384 e. The first-order chi connectivity index (χ1) is 13.9. The summed E-state index contributed by atoms with van der Waals surface area (Å²) in [5.41, 5.74) is 6.45. The quantitative estimate of drug-likeness (QED) is 0.747. The number of carbonyl (C=O) groups excluding carboxylic acids is 1. The third-order valence-electron chi connectivity index (χ3n) is 5.31. The van der Waals surface area contributed by atoms with Gasteiger partial charge in [-0.3, -0.25) is 4.79 Å². The van der Waals surface area contributed by atoms with Crippen molar-refractivity contribution in [1.82, 2.24) is 14.7 Å². The van der Waals surface area contributed by atoms with Gasteiger partial charge in [0.1, 0.15) is 11.6 Å². The molecule has 1 atom stereocenters. The van der Waals surface area contributed by atoms with E-state index in [-0.39, 0.29) is 27.9 Å². The number of pyridine rings is 2. The Morgan fingerprint density at radius 2 is 1.93 bits per heavy atom. The summed E-state index contributed by atoms with van der Waals surface area (Å²) in [5.74, 6) is 0.419. The van der Waals surface area contributed by atoms with E-state index in [1.807, 2.05) is 13.8 Å². The summed E-state index contributed by atoms with van der Waals surface area (Å²) in [6, 6.07) is 7.65. The highest BCUT2D eigenvalue weighted by Crippen LogP contribution is 2.37. The minimum atomic E-state index is -4.17. The van der Waals surface area contributed by atoms with E-state index in [0.29, 0.717) is 11.7 Å². The highest BCUT2D eigenvalue weighted by molar-refractivity contribution is 7.90. The lowest BCUT2D eigenvalue weighted by Crippen LogP contribution is -2.41. The van der Waals surface area contributed by atoms with E-state index >= 15 is 0 Å². The Morgan fingerprint density at radius 1 is 1.23 bits per heavy atom. The van der Waals surface area contributed by atoms with Gasteiger partial charge in [0.25, 0.3) is 15.9 Å². The number of nitrogens with zero attached hydrogens (tertiary/aromatic N) is 3. The van der Waals surface area contributed by atoms with Crippen molar-refractivity contribution in [2.45, 2.75) is 57.5 Å². The first-order valence-corrected chi connectivity index (χ1v) is 11.5. The molecule has 1 aliphatic heterocycles. The number of nitrogens with one attached hydrogen (secondary N) is 1. The number of nitrogen functional groups attached to an aromatic ring is 1. The highest BCUT2D eigenvalue weighted by atomic mass is 32.2. The Balaban J connectivity index is 2.02. The van der Waals surface area contributed by atoms with Crippen molar-refractivity contribution in [1.29, 1.82) is 0 Å². The molecule has 162 valence electrons. The van der Waals surface area contributed by atoms with Crippen LogP contribution in [0.15, 0.2) is 35.4 Å². The van der Waals surface area contributed by atoms with Crippen molar-refractivity contribution in [3.8, 4) is 0 Å². The predicted molar refractivity (Wildman–Crippen MR) is 117 cm³/mol. The van der Waals surface area contributed by atoms with Crippen LogP contribution in [-0.4, -0.2) is 36.4 Å². The van der Waals surface area contributed by atoms with Gasteiger partial charge < -0.3 is 10.6 Å². The maximum Gasteiger partial charge on any atom is 0.281 e. The Morgan fingerprint density at radius 3 is 2.50 bits per heavy atom. The normalized spacial score (nSPS) is 18.6. The Kier molecular flexibility index (Phi) is 5.77. The average molecular weight is 432 g/mol. The summed E-state index contributed by atoms with van der Waals surface area (Å²) in [7, 11) is -4.17. The fourth-order valence-corrected chi connectivity index (χ4v) is 4.88. The van der Waals surface area contributed by atoms with Crippen LogP contribution in [0.4, 0.5) is 11.6 Å². The largest absolute Gasteiger partial charge is 0.384 e.